The molecule has 1 saturated carbocycles. The summed E-state index contributed by atoms with van der Waals surface area (Å²) in [5, 5.41) is 3.75. The Morgan fingerprint density at radius 1 is 1.33 bits per heavy atom. The maximum Gasteiger partial charge on any atom is 0.0480 e. The van der Waals surface area contributed by atoms with E-state index < -0.39 is 0 Å². The number of hydrogen-bond donors (Lipinski definition) is 1. The van der Waals surface area contributed by atoms with Crippen LogP contribution >= 0.6 is 11.8 Å². The van der Waals surface area contributed by atoms with Crippen molar-refractivity contribution in [3.63, 3.8) is 0 Å². The molecule has 0 heterocycles. The van der Waals surface area contributed by atoms with Crippen molar-refractivity contribution in [2.75, 3.05) is 11.1 Å². The summed E-state index contributed by atoms with van der Waals surface area (Å²) >= 11 is 1.86. The van der Waals surface area contributed by atoms with Crippen LogP contribution in [0.5, 0.6) is 0 Å². The molecule has 0 saturated heterocycles. The fraction of sp³-hybridized carbons (Fsp3) is 0.500. The van der Waals surface area contributed by atoms with Gasteiger partial charge in [-0.3, -0.25) is 0 Å². The number of rotatable bonds is 5. The summed E-state index contributed by atoms with van der Waals surface area (Å²) in [7, 11) is 0. The van der Waals surface area contributed by atoms with Crippen LogP contribution in [0.2, 0.25) is 0 Å². The highest BCUT2D eigenvalue weighted by molar-refractivity contribution is 7.99. The van der Waals surface area contributed by atoms with Gasteiger partial charge in [-0.2, -0.15) is 0 Å². The number of nitrogens with one attached hydrogen (secondary N) is 1. The first kappa shape index (κ1) is 13.5. The molecule has 1 fully saturated rings. The maximum absolute atomic E-state index is 3.79. The minimum absolute atomic E-state index is 0.643. The Morgan fingerprint density at radius 2 is 2.11 bits per heavy atom. The van der Waals surface area contributed by atoms with Gasteiger partial charge < -0.3 is 5.32 Å². The summed E-state index contributed by atoms with van der Waals surface area (Å²) < 4.78 is 0. The molecule has 2 heteroatoms. The van der Waals surface area contributed by atoms with E-state index in [1.165, 1.54) is 36.3 Å². The van der Waals surface area contributed by atoms with Crippen LogP contribution in [0, 0.1) is 5.92 Å². The first-order valence-corrected chi connectivity index (χ1v) is 7.89. The zero-order valence-electron chi connectivity index (χ0n) is 11.2. The molecular formula is C16H23NS. The number of thioether (sulfide) groups is 1. The molecule has 18 heavy (non-hydrogen) atoms. The molecule has 1 N–H and O–H groups in total. The Labute approximate surface area is 115 Å². The Bertz CT molecular complexity index is 388. The van der Waals surface area contributed by atoms with Gasteiger partial charge in [-0.05, 0) is 30.9 Å². The van der Waals surface area contributed by atoms with Gasteiger partial charge in [0.05, 0.1) is 0 Å². The van der Waals surface area contributed by atoms with Crippen molar-refractivity contribution in [3.8, 4) is 0 Å². The fourth-order valence-electron chi connectivity index (χ4n) is 2.59. The third-order valence-electron chi connectivity index (χ3n) is 3.70. The third-order valence-corrected chi connectivity index (χ3v) is 4.77. The van der Waals surface area contributed by atoms with Crippen LogP contribution < -0.4 is 5.32 Å². The van der Waals surface area contributed by atoms with Gasteiger partial charge in [-0.1, -0.05) is 38.0 Å². The molecule has 1 aliphatic carbocycles. The van der Waals surface area contributed by atoms with Crippen LogP contribution in [0.3, 0.4) is 0 Å². The van der Waals surface area contributed by atoms with Gasteiger partial charge in [-0.25, -0.2) is 0 Å². The highest BCUT2D eigenvalue weighted by Crippen LogP contribution is 2.31. The molecule has 1 aliphatic rings. The standard InChI is InChI=1S/C16H23NS/c1-3-12-18-16-11-7-6-10-15(16)17-14-9-5-4-8-13(14)2/h3,6-7,10-11,13-14,17H,1,4-5,8-9,12H2,2H3. The lowest BCUT2D eigenvalue weighted by molar-refractivity contribution is 0.349. The van der Waals surface area contributed by atoms with Crippen molar-refractivity contribution in [2.45, 2.75) is 43.5 Å². The first-order valence-electron chi connectivity index (χ1n) is 6.90. The van der Waals surface area contributed by atoms with Crippen LogP contribution in [0.25, 0.3) is 0 Å². The molecule has 98 valence electrons. The monoisotopic (exact) mass is 261 g/mol. The molecule has 1 aromatic carbocycles. The number of hydrogen-bond acceptors (Lipinski definition) is 2. The highest BCUT2D eigenvalue weighted by Gasteiger charge is 2.21. The molecule has 0 aromatic heterocycles. The summed E-state index contributed by atoms with van der Waals surface area (Å²) in [6.45, 7) is 6.16. The lowest BCUT2D eigenvalue weighted by atomic mass is 9.86. The Morgan fingerprint density at radius 3 is 2.89 bits per heavy atom. The molecule has 0 amide bonds. The average molecular weight is 261 g/mol. The molecule has 0 aliphatic heterocycles. The summed E-state index contributed by atoms with van der Waals surface area (Å²) in [5.41, 5.74) is 1.29. The molecule has 2 unspecified atom stereocenters. The minimum atomic E-state index is 0.643. The first-order chi connectivity index (χ1) is 8.81. The third kappa shape index (κ3) is 3.55. The molecular weight excluding hydrogens is 238 g/mol. The van der Waals surface area contributed by atoms with Crippen molar-refractivity contribution in [3.05, 3.63) is 36.9 Å². The summed E-state index contributed by atoms with van der Waals surface area (Å²) in [5.74, 6) is 1.76. The normalized spacial score (nSPS) is 23.6. The van der Waals surface area contributed by atoms with Gasteiger partial charge in [0.25, 0.3) is 0 Å². The molecule has 0 radical (unpaired) electrons. The van der Waals surface area contributed by atoms with Crippen molar-refractivity contribution >= 4 is 17.4 Å². The second-order valence-electron chi connectivity index (χ2n) is 5.11. The zero-order valence-corrected chi connectivity index (χ0v) is 12.0. The predicted molar refractivity (Wildman–Crippen MR) is 82.4 cm³/mol. The SMILES string of the molecule is C=CCSc1ccccc1NC1CCCCC1C. The minimum Gasteiger partial charge on any atom is -0.381 e. The highest BCUT2D eigenvalue weighted by atomic mass is 32.2. The van der Waals surface area contributed by atoms with Crippen LogP contribution in [0.1, 0.15) is 32.6 Å². The number of benzene rings is 1. The Kier molecular flexibility index (Phi) is 5.18. The van der Waals surface area contributed by atoms with E-state index >= 15 is 0 Å². The lowest BCUT2D eigenvalue weighted by Gasteiger charge is -2.31. The molecule has 1 nitrogen and oxygen atoms in total. The van der Waals surface area contributed by atoms with Crippen LogP contribution in [-0.2, 0) is 0 Å². The average Bonchev–Trinajstić information content (AvgIpc) is 2.40. The molecule has 0 spiro atoms. The second kappa shape index (κ2) is 6.89. The van der Waals surface area contributed by atoms with E-state index in [2.05, 4.69) is 43.1 Å². The Hall–Kier alpha value is -0.890. The predicted octanol–water partition coefficient (Wildman–Crippen LogP) is 4.96. The molecule has 1 aromatic rings. The van der Waals surface area contributed by atoms with Gasteiger partial charge in [0.1, 0.15) is 0 Å². The van der Waals surface area contributed by atoms with E-state index in [9.17, 15) is 0 Å². The van der Waals surface area contributed by atoms with Crippen LogP contribution in [0.4, 0.5) is 5.69 Å². The summed E-state index contributed by atoms with van der Waals surface area (Å²) in [6.07, 6.45) is 7.39. The largest absolute Gasteiger partial charge is 0.381 e. The summed E-state index contributed by atoms with van der Waals surface area (Å²) in [4.78, 5) is 1.34. The van der Waals surface area contributed by atoms with Gasteiger partial charge >= 0.3 is 0 Å². The Balaban J connectivity index is 2.05. The van der Waals surface area contributed by atoms with Crippen molar-refractivity contribution in [1.82, 2.24) is 0 Å². The topological polar surface area (TPSA) is 12.0 Å². The molecule has 2 atom stereocenters. The van der Waals surface area contributed by atoms with Crippen molar-refractivity contribution in [2.24, 2.45) is 5.92 Å². The van der Waals surface area contributed by atoms with E-state index in [0.29, 0.717) is 6.04 Å². The van der Waals surface area contributed by atoms with E-state index in [1.807, 2.05) is 17.8 Å². The zero-order chi connectivity index (χ0) is 12.8. The fourth-order valence-corrected chi connectivity index (χ4v) is 3.35. The van der Waals surface area contributed by atoms with E-state index in [-0.39, 0.29) is 0 Å². The second-order valence-corrected chi connectivity index (χ2v) is 6.17. The maximum atomic E-state index is 3.79. The summed E-state index contributed by atoms with van der Waals surface area (Å²) in [6, 6.07) is 9.27. The van der Waals surface area contributed by atoms with Crippen LogP contribution in [-0.4, -0.2) is 11.8 Å². The van der Waals surface area contributed by atoms with Crippen LogP contribution in [0.15, 0.2) is 41.8 Å². The van der Waals surface area contributed by atoms with Gasteiger partial charge in [0.15, 0.2) is 0 Å². The molecule has 2 rings (SSSR count). The van der Waals surface area contributed by atoms with Gasteiger partial charge in [0, 0.05) is 22.4 Å². The quantitative estimate of drug-likeness (QED) is 0.594. The van der Waals surface area contributed by atoms with Gasteiger partial charge in [-0.15, -0.1) is 18.3 Å². The number of para-hydroxylation sites is 1. The smallest absolute Gasteiger partial charge is 0.0480 e. The van der Waals surface area contributed by atoms with Gasteiger partial charge in [0.2, 0.25) is 0 Å². The lowest BCUT2D eigenvalue weighted by Crippen LogP contribution is -2.30. The van der Waals surface area contributed by atoms with Crippen molar-refractivity contribution in [1.29, 1.82) is 0 Å². The number of anilines is 1. The molecule has 0 bridgehead atoms. The van der Waals surface area contributed by atoms with E-state index in [0.717, 1.165) is 11.7 Å². The van der Waals surface area contributed by atoms with E-state index in [4.69, 9.17) is 0 Å². The van der Waals surface area contributed by atoms with Crippen molar-refractivity contribution < 1.29 is 0 Å². The van der Waals surface area contributed by atoms with E-state index in [1.54, 1.807) is 0 Å².